The predicted octanol–water partition coefficient (Wildman–Crippen LogP) is 4.10. The number of anilines is 1. The highest BCUT2D eigenvalue weighted by atomic mass is 19.4. The second-order valence-electron chi connectivity index (χ2n) is 9.05. The Hall–Kier alpha value is -3.47. The van der Waals surface area contributed by atoms with E-state index in [1.807, 2.05) is 0 Å². The monoisotopic (exact) mass is 475 g/mol. The summed E-state index contributed by atoms with van der Waals surface area (Å²) in [5.74, 6) is 0.425. The molecule has 8 nitrogen and oxygen atoms in total. The number of hydrogen-bond donors (Lipinski definition) is 2. The molecule has 4 rings (SSSR count). The maximum Gasteiger partial charge on any atom is 0.417 e. The van der Waals surface area contributed by atoms with E-state index in [1.54, 1.807) is 39.1 Å². The molecule has 1 aliphatic heterocycles. The highest BCUT2D eigenvalue weighted by molar-refractivity contribution is 5.98. The smallest absolute Gasteiger partial charge is 0.417 e. The van der Waals surface area contributed by atoms with Crippen LogP contribution < -0.4 is 5.32 Å². The number of nitrogens with one attached hydrogen (secondary N) is 1. The summed E-state index contributed by atoms with van der Waals surface area (Å²) in [6.07, 6.45) is -2.03. The van der Waals surface area contributed by atoms with E-state index in [-0.39, 0.29) is 13.1 Å². The zero-order chi connectivity index (χ0) is 24.7. The van der Waals surface area contributed by atoms with E-state index in [9.17, 15) is 23.1 Å². The number of aromatic nitrogens is 3. The molecule has 4 heterocycles. The molecule has 0 spiro atoms. The zero-order valence-corrected chi connectivity index (χ0v) is 18.8. The van der Waals surface area contributed by atoms with Gasteiger partial charge in [0.05, 0.1) is 35.5 Å². The molecule has 1 saturated heterocycles. The molecule has 0 aliphatic carbocycles. The summed E-state index contributed by atoms with van der Waals surface area (Å²) < 4.78 is 44.0. The fourth-order valence-electron chi connectivity index (χ4n) is 3.67. The maximum atomic E-state index is 12.9. The van der Waals surface area contributed by atoms with Crippen LogP contribution >= 0.6 is 0 Å². The van der Waals surface area contributed by atoms with Crippen LogP contribution in [0.1, 0.15) is 26.3 Å². The third-order valence-electron chi connectivity index (χ3n) is 5.27. The van der Waals surface area contributed by atoms with Crippen LogP contribution in [0.5, 0.6) is 0 Å². The first-order valence-electron chi connectivity index (χ1n) is 10.6. The predicted molar refractivity (Wildman–Crippen MR) is 119 cm³/mol. The van der Waals surface area contributed by atoms with Gasteiger partial charge in [0.25, 0.3) is 0 Å². The van der Waals surface area contributed by atoms with Crippen LogP contribution in [-0.2, 0) is 10.9 Å². The number of carbonyl (C=O) groups is 1. The van der Waals surface area contributed by atoms with Crippen molar-refractivity contribution in [2.24, 2.45) is 0 Å². The molecular weight excluding hydrogens is 451 g/mol. The molecule has 0 bridgehead atoms. The molecule has 0 radical (unpaired) electrons. The fourth-order valence-corrected chi connectivity index (χ4v) is 3.67. The number of likely N-dealkylation sites (tertiary alicyclic amines) is 1. The van der Waals surface area contributed by atoms with E-state index in [0.29, 0.717) is 28.0 Å². The van der Waals surface area contributed by atoms with Gasteiger partial charge in [-0.1, -0.05) is 0 Å². The first-order chi connectivity index (χ1) is 15.9. The molecule has 2 atom stereocenters. The molecule has 11 heteroatoms. The van der Waals surface area contributed by atoms with Gasteiger partial charge in [-0.15, -0.1) is 0 Å². The minimum Gasteiger partial charge on any atom is -0.444 e. The number of β-amino-alcohol motifs (C(OH)–C–C–N with tert-alkyl or cyclic N) is 1. The largest absolute Gasteiger partial charge is 0.444 e. The maximum absolute atomic E-state index is 12.9. The van der Waals surface area contributed by atoms with Crippen molar-refractivity contribution < 1.29 is 27.8 Å². The van der Waals surface area contributed by atoms with Gasteiger partial charge in [0.15, 0.2) is 0 Å². The van der Waals surface area contributed by atoms with Gasteiger partial charge in [-0.05, 0) is 45.0 Å². The molecular formula is C23H24F3N5O3. The Balaban J connectivity index is 1.59. The molecule has 0 saturated carbocycles. The first kappa shape index (κ1) is 23.7. The molecule has 180 valence electrons. The number of aliphatic hydroxyl groups excluding tert-OH is 1. The second kappa shape index (κ2) is 8.71. The van der Waals surface area contributed by atoms with Gasteiger partial charge in [-0.3, -0.25) is 9.97 Å². The van der Waals surface area contributed by atoms with Crippen molar-refractivity contribution in [3.63, 3.8) is 0 Å². The molecule has 3 aromatic rings. The quantitative estimate of drug-likeness (QED) is 0.588. The van der Waals surface area contributed by atoms with Gasteiger partial charge in [-0.2, -0.15) is 13.2 Å². The lowest BCUT2D eigenvalue weighted by Crippen LogP contribution is -2.36. The number of pyridine rings is 3. The van der Waals surface area contributed by atoms with Crippen LogP contribution in [0.2, 0.25) is 0 Å². The molecule has 2 N–H and O–H groups in total. The number of halogens is 3. The minimum atomic E-state index is -4.48. The lowest BCUT2D eigenvalue weighted by Gasteiger charge is -2.24. The van der Waals surface area contributed by atoms with E-state index in [2.05, 4.69) is 20.3 Å². The summed E-state index contributed by atoms with van der Waals surface area (Å²) in [6, 6.07) is 5.21. The summed E-state index contributed by atoms with van der Waals surface area (Å²) in [5, 5.41) is 14.3. The Kier molecular flexibility index (Phi) is 6.07. The Morgan fingerprint density at radius 2 is 1.88 bits per heavy atom. The Bertz CT molecular complexity index is 1200. The molecule has 1 fully saturated rings. The summed E-state index contributed by atoms with van der Waals surface area (Å²) in [6.45, 7) is 5.62. The van der Waals surface area contributed by atoms with Crippen LogP contribution in [0.15, 0.2) is 42.9 Å². The second-order valence-corrected chi connectivity index (χ2v) is 9.05. The number of alkyl halides is 3. The Morgan fingerprint density at radius 1 is 1.12 bits per heavy atom. The van der Waals surface area contributed by atoms with E-state index >= 15 is 0 Å². The number of fused-ring (bicyclic) bond motifs is 1. The molecule has 0 unspecified atom stereocenters. The average molecular weight is 475 g/mol. The molecule has 1 aliphatic rings. The molecule has 3 aromatic heterocycles. The lowest BCUT2D eigenvalue weighted by molar-refractivity contribution is -0.137. The summed E-state index contributed by atoms with van der Waals surface area (Å²) in [7, 11) is 0. The summed E-state index contributed by atoms with van der Waals surface area (Å²) in [4.78, 5) is 26.5. The van der Waals surface area contributed by atoms with Gasteiger partial charge in [0, 0.05) is 36.1 Å². The molecule has 34 heavy (non-hydrogen) atoms. The van der Waals surface area contributed by atoms with E-state index in [1.165, 1.54) is 17.2 Å². The van der Waals surface area contributed by atoms with Gasteiger partial charge >= 0.3 is 12.3 Å². The van der Waals surface area contributed by atoms with Crippen molar-refractivity contribution in [2.75, 3.05) is 18.4 Å². The van der Waals surface area contributed by atoms with Crippen LogP contribution in [0.4, 0.5) is 23.8 Å². The van der Waals surface area contributed by atoms with E-state index < -0.39 is 35.6 Å². The van der Waals surface area contributed by atoms with Crippen molar-refractivity contribution in [1.82, 2.24) is 19.9 Å². The number of amides is 1. The third-order valence-corrected chi connectivity index (χ3v) is 5.27. The SMILES string of the molecule is CC(C)(C)OC(=O)N1C[C@H](O)[C@H](Nc2ncc(-c3ccc(C(F)(F)F)cn3)c3ncccc23)C1. The molecule has 1 amide bonds. The van der Waals surface area contributed by atoms with Crippen LogP contribution in [0, 0.1) is 0 Å². The van der Waals surface area contributed by atoms with Gasteiger partial charge < -0.3 is 20.1 Å². The first-order valence-corrected chi connectivity index (χ1v) is 10.6. The topological polar surface area (TPSA) is 100 Å². The van der Waals surface area contributed by atoms with Crippen LogP contribution in [-0.4, -0.2) is 61.9 Å². The number of carbonyl (C=O) groups excluding carboxylic acids is 1. The fraction of sp³-hybridized carbons (Fsp3) is 0.391. The average Bonchev–Trinajstić information content (AvgIpc) is 3.13. The third kappa shape index (κ3) is 5.04. The number of nitrogens with zero attached hydrogens (tertiary/aromatic N) is 4. The minimum absolute atomic E-state index is 0.107. The van der Waals surface area contributed by atoms with Crippen LogP contribution in [0.25, 0.3) is 22.2 Å². The number of ether oxygens (including phenoxy) is 1. The lowest BCUT2D eigenvalue weighted by atomic mass is 10.1. The highest BCUT2D eigenvalue weighted by Gasteiger charge is 2.36. The van der Waals surface area contributed by atoms with Gasteiger partial charge in [0.2, 0.25) is 0 Å². The van der Waals surface area contributed by atoms with Crippen LogP contribution in [0.3, 0.4) is 0 Å². The van der Waals surface area contributed by atoms with Gasteiger partial charge in [-0.25, -0.2) is 9.78 Å². The Labute approximate surface area is 193 Å². The zero-order valence-electron chi connectivity index (χ0n) is 18.8. The standard InChI is InChI=1S/C23H24F3N5O3/c1-22(2,3)34-21(33)31-11-17(18(32)12-31)30-20-14-5-4-8-27-19(14)15(10-29-20)16-7-6-13(9-28-16)23(24,25)26/h4-10,17-18,32H,11-12H2,1-3H3,(H,29,30)/t17-,18+/m1/s1. The van der Waals surface area contributed by atoms with Gasteiger partial charge in [0.1, 0.15) is 11.4 Å². The van der Waals surface area contributed by atoms with Crippen molar-refractivity contribution in [1.29, 1.82) is 0 Å². The van der Waals surface area contributed by atoms with Crippen molar-refractivity contribution in [3.05, 3.63) is 48.4 Å². The number of rotatable bonds is 3. The Morgan fingerprint density at radius 3 is 2.53 bits per heavy atom. The van der Waals surface area contributed by atoms with Crippen molar-refractivity contribution in [3.8, 4) is 11.3 Å². The number of aliphatic hydroxyl groups is 1. The number of hydrogen-bond acceptors (Lipinski definition) is 7. The normalized spacial score (nSPS) is 18.9. The summed E-state index contributed by atoms with van der Waals surface area (Å²) in [5.41, 5.74) is -0.239. The summed E-state index contributed by atoms with van der Waals surface area (Å²) >= 11 is 0. The van der Waals surface area contributed by atoms with Crippen molar-refractivity contribution in [2.45, 2.75) is 44.7 Å². The molecule has 0 aromatic carbocycles. The van der Waals surface area contributed by atoms with E-state index in [0.717, 1.165) is 12.3 Å². The highest BCUT2D eigenvalue weighted by Crippen LogP contribution is 2.33. The van der Waals surface area contributed by atoms with E-state index in [4.69, 9.17) is 4.74 Å². The van der Waals surface area contributed by atoms with Crippen molar-refractivity contribution >= 4 is 22.8 Å².